The molecule has 0 unspecified atom stereocenters. The van der Waals surface area contributed by atoms with Gasteiger partial charge in [-0.1, -0.05) is 6.92 Å². The number of hydrogen-bond acceptors (Lipinski definition) is 3. The minimum atomic E-state index is 0.792. The average molecular weight is 152 g/mol. The van der Waals surface area contributed by atoms with Gasteiger partial charge in [0.2, 0.25) is 0 Å². The van der Waals surface area contributed by atoms with Gasteiger partial charge in [-0.25, -0.2) is 0 Å². The van der Waals surface area contributed by atoms with Gasteiger partial charge in [-0.3, -0.25) is 0 Å². The van der Waals surface area contributed by atoms with Crippen LogP contribution >= 0.6 is 12.0 Å². The summed E-state index contributed by atoms with van der Waals surface area (Å²) in [7, 11) is 0. The van der Waals surface area contributed by atoms with E-state index < -0.39 is 0 Å². The Morgan fingerprint density at radius 3 is 1.56 bits per heavy atom. The van der Waals surface area contributed by atoms with E-state index in [0.29, 0.717) is 0 Å². The molecule has 0 amide bonds. The maximum absolute atomic E-state index is 7.79. The van der Waals surface area contributed by atoms with Gasteiger partial charge < -0.3 is 9.29 Å². The fourth-order valence-corrected chi connectivity index (χ4v) is 0.204. The smallest absolute Gasteiger partial charge is 0.0437 e. The Hall–Kier alpha value is 0.270. The summed E-state index contributed by atoms with van der Waals surface area (Å²) in [6.45, 7) is 7.56. The van der Waals surface area contributed by atoms with Crippen LogP contribution in [0.2, 0.25) is 0 Å². The molecule has 1 N–H and O–H groups in total. The molecule has 0 atom stereocenters. The lowest BCUT2D eigenvalue weighted by Gasteiger charge is -1.86. The van der Waals surface area contributed by atoms with Crippen molar-refractivity contribution < 1.29 is 9.29 Å². The van der Waals surface area contributed by atoms with Crippen molar-refractivity contribution in [3.8, 4) is 0 Å². The molecular weight excluding hydrogens is 136 g/mol. The number of ether oxygens (including phenoxy) is 1. The molecule has 9 heavy (non-hydrogen) atoms. The monoisotopic (exact) mass is 152 g/mol. The Morgan fingerprint density at radius 1 is 1.22 bits per heavy atom. The zero-order valence-corrected chi connectivity index (χ0v) is 7.20. The van der Waals surface area contributed by atoms with E-state index in [4.69, 9.17) is 9.29 Å². The Bertz CT molecular complexity index is 30.2. The first-order valence-corrected chi connectivity index (χ1v) is 4.11. The second kappa shape index (κ2) is 15.7. The lowest BCUT2D eigenvalue weighted by molar-refractivity contribution is 0.162. The van der Waals surface area contributed by atoms with E-state index in [0.717, 1.165) is 31.0 Å². The molecule has 0 bridgehead atoms. The van der Waals surface area contributed by atoms with E-state index in [-0.39, 0.29) is 0 Å². The molecule has 0 aromatic carbocycles. The fourth-order valence-electron chi connectivity index (χ4n) is 0.204. The van der Waals surface area contributed by atoms with Crippen LogP contribution in [0, 0.1) is 0 Å². The van der Waals surface area contributed by atoms with Gasteiger partial charge in [-0.15, -0.1) is 0 Å². The van der Waals surface area contributed by atoms with Crippen LogP contribution in [-0.2, 0) is 4.74 Å². The van der Waals surface area contributed by atoms with Gasteiger partial charge in [0.05, 0.1) is 0 Å². The summed E-state index contributed by atoms with van der Waals surface area (Å²) in [6, 6.07) is 0. The van der Waals surface area contributed by atoms with Crippen LogP contribution in [0.15, 0.2) is 0 Å². The van der Waals surface area contributed by atoms with E-state index >= 15 is 0 Å². The van der Waals surface area contributed by atoms with Crippen molar-refractivity contribution in [2.45, 2.75) is 20.8 Å². The first-order valence-electron chi connectivity index (χ1n) is 3.17. The molecular formula is C6H16O2S. The molecule has 0 heterocycles. The molecule has 0 saturated carbocycles. The van der Waals surface area contributed by atoms with Crippen molar-refractivity contribution in [1.82, 2.24) is 0 Å². The van der Waals surface area contributed by atoms with E-state index in [9.17, 15) is 0 Å². The molecule has 0 saturated heterocycles. The predicted octanol–water partition coefficient (Wildman–Crippen LogP) is 2.26. The maximum atomic E-state index is 7.79. The second-order valence-corrected chi connectivity index (χ2v) is 2.03. The van der Waals surface area contributed by atoms with Crippen LogP contribution in [0.1, 0.15) is 20.8 Å². The summed E-state index contributed by atoms with van der Waals surface area (Å²) in [6.07, 6.45) is 0. The van der Waals surface area contributed by atoms with Gasteiger partial charge in [-0.05, 0) is 25.9 Å². The minimum absolute atomic E-state index is 0.792. The van der Waals surface area contributed by atoms with E-state index in [1.807, 2.05) is 20.8 Å². The third-order valence-electron chi connectivity index (χ3n) is 0.537. The highest BCUT2D eigenvalue weighted by atomic mass is 32.2. The number of hydrogen-bond donors (Lipinski definition) is 1. The Labute approximate surface area is 61.8 Å². The Morgan fingerprint density at radius 2 is 1.56 bits per heavy atom. The molecule has 0 spiro atoms. The molecule has 0 aromatic heterocycles. The lowest BCUT2D eigenvalue weighted by Crippen LogP contribution is -1.84. The van der Waals surface area contributed by atoms with Crippen molar-refractivity contribution in [2.24, 2.45) is 0 Å². The molecule has 0 radical (unpaired) electrons. The molecule has 0 aliphatic carbocycles. The molecule has 2 nitrogen and oxygen atoms in total. The Kier molecular flexibility index (Phi) is 21.0. The molecule has 0 aliphatic rings. The van der Waals surface area contributed by atoms with Gasteiger partial charge in [0.25, 0.3) is 0 Å². The van der Waals surface area contributed by atoms with Crippen LogP contribution in [0.25, 0.3) is 0 Å². The van der Waals surface area contributed by atoms with E-state index in [1.54, 1.807) is 0 Å². The normalized spacial score (nSPS) is 8.00. The van der Waals surface area contributed by atoms with Crippen molar-refractivity contribution in [3.05, 3.63) is 0 Å². The first-order chi connectivity index (χ1) is 4.33. The summed E-state index contributed by atoms with van der Waals surface area (Å²) < 4.78 is 12.6. The van der Waals surface area contributed by atoms with Gasteiger partial charge >= 0.3 is 0 Å². The SMILES string of the molecule is CCOCC.CCSO. The van der Waals surface area contributed by atoms with Crippen LogP contribution in [-0.4, -0.2) is 23.5 Å². The lowest BCUT2D eigenvalue weighted by atomic mass is 10.8. The molecule has 0 rings (SSSR count). The standard InChI is InChI=1S/C4H10O.C2H6OS/c1-3-5-4-2;1-2-4-3/h3-4H2,1-2H3;3H,2H2,1H3. The quantitative estimate of drug-likeness (QED) is 0.629. The van der Waals surface area contributed by atoms with Gasteiger partial charge in [0.15, 0.2) is 0 Å². The molecule has 0 aromatic rings. The van der Waals surface area contributed by atoms with Crippen molar-refractivity contribution >= 4 is 12.0 Å². The van der Waals surface area contributed by atoms with Gasteiger partial charge in [-0.2, -0.15) is 0 Å². The number of rotatable bonds is 3. The van der Waals surface area contributed by atoms with Crippen LogP contribution < -0.4 is 0 Å². The summed E-state index contributed by atoms with van der Waals surface area (Å²) in [4.78, 5) is 0. The van der Waals surface area contributed by atoms with Crippen LogP contribution in [0.4, 0.5) is 0 Å². The highest BCUT2D eigenvalue weighted by molar-refractivity contribution is 7.93. The fraction of sp³-hybridized carbons (Fsp3) is 1.00. The van der Waals surface area contributed by atoms with E-state index in [1.165, 1.54) is 0 Å². The van der Waals surface area contributed by atoms with Gasteiger partial charge in [0.1, 0.15) is 0 Å². The molecule has 3 heteroatoms. The maximum Gasteiger partial charge on any atom is 0.0437 e. The van der Waals surface area contributed by atoms with Crippen molar-refractivity contribution in [2.75, 3.05) is 19.0 Å². The van der Waals surface area contributed by atoms with Crippen LogP contribution in [0.3, 0.4) is 0 Å². The average Bonchev–Trinajstić information content (AvgIpc) is 1.91. The zero-order chi connectivity index (χ0) is 7.54. The Balaban J connectivity index is 0. The topological polar surface area (TPSA) is 29.5 Å². The van der Waals surface area contributed by atoms with Gasteiger partial charge in [0, 0.05) is 19.0 Å². The van der Waals surface area contributed by atoms with Crippen LogP contribution in [0.5, 0.6) is 0 Å². The molecule has 0 aliphatic heterocycles. The minimum Gasteiger partial charge on any atom is -0.382 e. The zero-order valence-electron chi connectivity index (χ0n) is 6.39. The second-order valence-electron chi connectivity index (χ2n) is 1.20. The van der Waals surface area contributed by atoms with Crippen molar-refractivity contribution in [1.29, 1.82) is 0 Å². The summed E-state index contributed by atoms with van der Waals surface area (Å²) >= 11 is 0.856. The molecule has 0 fully saturated rings. The highest BCUT2D eigenvalue weighted by Crippen LogP contribution is 1.82. The third-order valence-corrected chi connectivity index (χ3v) is 0.796. The summed E-state index contributed by atoms with van der Waals surface area (Å²) in [5.41, 5.74) is 0. The first kappa shape index (κ1) is 12.0. The summed E-state index contributed by atoms with van der Waals surface area (Å²) in [5.74, 6) is 0.792. The van der Waals surface area contributed by atoms with E-state index in [2.05, 4.69) is 0 Å². The summed E-state index contributed by atoms with van der Waals surface area (Å²) in [5, 5.41) is 0. The van der Waals surface area contributed by atoms with Crippen molar-refractivity contribution in [3.63, 3.8) is 0 Å². The largest absolute Gasteiger partial charge is 0.382 e. The predicted molar refractivity (Wildman–Crippen MR) is 42.9 cm³/mol. The highest BCUT2D eigenvalue weighted by Gasteiger charge is 1.64. The molecule has 58 valence electrons. The third kappa shape index (κ3) is 30.4.